The molecule has 3 rings (SSSR count). The van der Waals surface area contributed by atoms with Gasteiger partial charge in [-0.15, -0.1) is 0 Å². The van der Waals surface area contributed by atoms with Gasteiger partial charge in [-0.05, 0) is 24.6 Å². The van der Waals surface area contributed by atoms with Gasteiger partial charge >= 0.3 is 0 Å². The maximum absolute atomic E-state index is 12.3. The average molecular weight is 332 g/mol. The molecule has 1 N–H and O–H groups in total. The number of Topliss-reactive ketones (excluding diaryl/α,β-unsaturated/α-hetero) is 1. The Labute approximate surface area is 137 Å². The van der Waals surface area contributed by atoms with E-state index in [4.69, 9.17) is 9.47 Å². The molecule has 1 aromatic carbocycles. The Balaban J connectivity index is 1.68. The lowest BCUT2D eigenvalue weighted by Gasteiger charge is -2.04. The van der Waals surface area contributed by atoms with Gasteiger partial charge < -0.3 is 14.5 Å². The van der Waals surface area contributed by atoms with E-state index in [0.29, 0.717) is 22.2 Å². The molecule has 0 fully saturated rings. The van der Waals surface area contributed by atoms with Crippen LogP contribution in [0.3, 0.4) is 0 Å². The smallest absolute Gasteiger partial charge is 0.251 e. The monoisotopic (exact) mass is 332 g/mol. The van der Waals surface area contributed by atoms with Gasteiger partial charge in [0.2, 0.25) is 6.79 Å². The summed E-state index contributed by atoms with van der Waals surface area (Å²) in [4.78, 5) is 30.9. The number of carbonyl (C=O) groups is 1. The first-order valence-corrected chi connectivity index (χ1v) is 8.30. The number of thioether (sulfide) groups is 1. The highest BCUT2D eigenvalue weighted by atomic mass is 32.2. The lowest BCUT2D eigenvalue weighted by Crippen LogP contribution is -2.11. The van der Waals surface area contributed by atoms with Crippen molar-refractivity contribution in [2.24, 2.45) is 0 Å². The number of ether oxygens (including phenoxy) is 2. The maximum atomic E-state index is 12.3. The van der Waals surface area contributed by atoms with Crippen molar-refractivity contribution in [1.29, 1.82) is 0 Å². The van der Waals surface area contributed by atoms with Crippen molar-refractivity contribution in [1.82, 2.24) is 9.97 Å². The molecule has 6 nitrogen and oxygen atoms in total. The molecule has 0 spiro atoms. The van der Waals surface area contributed by atoms with Crippen LogP contribution in [0.1, 0.15) is 29.4 Å². The molecular weight excluding hydrogens is 316 g/mol. The first-order chi connectivity index (χ1) is 11.2. The van der Waals surface area contributed by atoms with Crippen LogP contribution in [-0.4, -0.2) is 28.3 Å². The van der Waals surface area contributed by atoms with Gasteiger partial charge in [0, 0.05) is 17.3 Å². The van der Waals surface area contributed by atoms with Gasteiger partial charge in [-0.1, -0.05) is 25.1 Å². The van der Waals surface area contributed by atoms with Crippen LogP contribution in [0.2, 0.25) is 0 Å². The fourth-order valence-electron chi connectivity index (χ4n) is 2.22. The summed E-state index contributed by atoms with van der Waals surface area (Å²) in [6.45, 7) is 2.20. The Kier molecular flexibility index (Phi) is 4.66. The molecule has 0 bridgehead atoms. The second-order valence-corrected chi connectivity index (χ2v) is 6.04. The highest BCUT2D eigenvalue weighted by Gasteiger charge is 2.16. The van der Waals surface area contributed by atoms with Crippen molar-refractivity contribution < 1.29 is 14.3 Å². The molecule has 0 unspecified atom stereocenters. The van der Waals surface area contributed by atoms with Crippen molar-refractivity contribution in [3.05, 3.63) is 45.9 Å². The number of benzene rings is 1. The summed E-state index contributed by atoms with van der Waals surface area (Å²) in [6.07, 6.45) is 1.66. The van der Waals surface area contributed by atoms with Gasteiger partial charge in [-0.3, -0.25) is 9.59 Å². The van der Waals surface area contributed by atoms with E-state index < -0.39 is 0 Å². The summed E-state index contributed by atoms with van der Waals surface area (Å²) in [6, 6.07) is 6.60. The standard InChI is InChI=1S/C16H16N2O4S/c1-2-3-11-7-15(20)18-16(17-11)23-8-12(19)10-4-5-13-14(6-10)22-9-21-13/h4-7H,2-3,8-9H2,1H3,(H,17,18,20). The summed E-state index contributed by atoms with van der Waals surface area (Å²) < 4.78 is 10.5. The molecule has 0 aliphatic carbocycles. The third kappa shape index (κ3) is 3.73. The number of carbonyl (C=O) groups excluding carboxylic acids is 1. The van der Waals surface area contributed by atoms with E-state index in [-0.39, 0.29) is 23.9 Å². The quantitative estimate of drug-likeness (QED) is 0.497. The Morgan fingerprint density at radius 3 is 2.96 bits per heavy atom. The van der Waals surface area contributed by atoms with E-state index in [1.54, 1.807) is 18.2 Å². The topological polar surface area (TPSA) is 81.3 Å². The summed E-state index contributed by atoms with van der Waals surface area (Å²) in [5.74, 6) is 1.36. The van der Waals surface area contributed by atoms with E-state index in [9.17, 15) is 9.59 Å². The lowest BCUT2D eigenvalue weighted by molar-refractivity contribution is 0.102. The normalized spacial score (nSPS) is 12.4. The van der Waals surface area contributed by atoms with E-state index in [1.165, 1.54) is 17.8 Å². The second kappa shape index (κ2) is 6.87. The minimum Gasteiger partial charge on any atom is -0.454 e. The molecule has 7 heteroatoms. The first-order valence-electron chi connectivity index (χ1n) is 7.31. The fraction of sp³-hybridized carbons (Fsp3) is 0.312. The molecular formula is C16H16N2O4S. The van der Waals surface area contributed by atoms with Crippen molar-refractivity contribution in [3.63, 3.8) is 0 Å². The second-order valence-electron chi connectivity index (χ2n) is 5.07. The molecule has 0 atom stereocenters. The lowest BCUT2D eigenvalue weighted by atomic mass is 10.1. The van der Waals surface area contributed by atoms with Gasteiger partial charge in [-0.25, -0.2) is 4.98 Å². The van der Waals surface area contributed by atoms with E-state index >= 15 is 0 Å². The summed E-state index contributed by atoms with van der Waals surface area (Å²) in [7, 11) is 0. The maximum Gasteiger partial charge on any atom is 0.251 e. The summed E-state index contributed by atoms with van der Waals surface area (Å²) >= 11 is 1.22. The molecule has 0 saturated heterocycles. The largest absolute Gasteiger partial charge is 0.454 e. The van der Waals surface area contributed by atoms with Gasteiger partial charge in [0.15, 0.2) is 22.4 Å². The molecule has 23 heavy (non-hydrogen) atoms. The molecule has 0 saturated carbocycles. The van der Waals surface area contributed by atoms with Crippen molar-refractivity contribution in [3.8, 4) is 11.5 Å². The zero-order valence-corrected chi connectivity index (χ0v) is 13.4. The van der Waals surface area contributed by atoms with Crippen LogP contribution in [0, 0.1) is 0 Å². The Morgan fingerprint density at radius 1 is 1.30 bits per heavy atom. The SMILES string of the molecule is CCCc1cc(=O)[nH]c(SCC(=O)c2ccc3c(c2)OCO3)n1. The number of H-pyrrole nitrogens is 1. The third-order valence-electron chi connectivity index (χ3n) is 3.31. The Bertz CT molecular complexity index is 788. The number of rotatable bonds is 6. The van der Waals surface area contributed by atoms with Gasteiger partial charge in [-0.2, -0.15) is 0 Å². The molecule has 0 amide bonds. The number of fused-ring (bicyclic) bond motifs is 1. The molecule has 120 valence electrons. The average Bonchev–Trinajstić information content (AvgIpc) is 3.00. The molecule has 2 aromatic rings. The predicted octanol–water partition coefficient (Wildman–Crippen LogP) is 2.43. The number of nitrogens with one attached hydrogen (secondary N) is 1. The minimum atomic E-state index is -0.193. The van der Waals surface area contributed by atoms with E-state index in [2.05, 4.69) is 9.97 Å². The number of hydrogen-bond acceptors (Lipinski definition) is 6. The zero-order chi connectivity index (χ0) is 16.2. The van der Waals surface area contributed by atoms with Crippen LogP contribution in [-0.2, 0) is 6.42 Å². The fourth-order valence-corrected chi connectivity index (χ4v) is 3.01. The van der Waals surface area contributed by atoms with Crippen LogP contribution in [0.4, 0.5) is 0 Å². The van der Waals surface area contributed by atoms with Crippen LogP contribution < -0.4 is 15.0 Å². The van der Waals surface area contributed by atoms with Crippen LogP contribution >= 0.6 is 11.8 Å². The van der Waals surface area contributed by atoms with Crippen molar-refractivity contribution in [2.45, 2.75) is 24.9 Å². The molecule has 0 radical (unpaired) electrons. The highest BCUT2D eigenvalue weighted by Crippen LogP contribution is 2.32. The van der Waals surface area contributed by atoms with Crippen molar-refractivity contribution >= 4 is 17.5 Å². The molecule has 1 aliphatic heterocycles. The number of aromatic nitrogens is 2. The Hall–Kier alpha value is -2.28. The number of aryl methyl sites for hydroxylation is 1. The van der Waals surface area contributed by atoms with Crippen LogP contribution in [0.5, 0.6) is 11.5 Å². The van der Waals surface area contributed by atoms with Gasteiger partial charge in [0.1, 0.15) is 0 Å². The molecule has 1 aromatic heterocycles. The van der Waals surface area contributed by atoms with Crippen LogP contribution in [0.15, 0.2) is 34.2 Å². The molecule has 1 aliphatic rings. The summed E-state index contributed by atoms with van der Waals surface area (Å²) in [5, 5.41) is 0.468. The highest BCUT2D eigenvalue weighted by molar-refractivity contribution is 7.99. The number of aromatic amines is 1. The van der Waals surface area contributed by atoms with E-state index in [1.807, 2.05) is 6.92 Å². The van der Waals surface area contributed by atoms with Gasteiger partial charge in [0.25, 0.3) is 5.56 Å². The van der Waals surface area contributed by atoms with Crippen molar-refractivity contribution in [2.75, 3.05) is 12.5 Å². The van der Waals surface area contributed by atoms with E-state index in [0.717, 1.165) is 18.5 Å². The number of ketones is 1. The zero-order valence-electron chi connectivity index (χ0n) is 12.6. The van der Waals surface area contributed by atoms with Crippen LogP contribution in [0.25, 0.3) is 0 Å². The minimum absolute atomic E-state index is 0.0585. The Morgan fingerprint density at radius 2 is 2.13 bits per heavy atom. The summed E-state index contributed by atoms with van der Waals surface area (Å²) in [5.41, 5.74) is 1.10. The number of hydrogen-bond donors (Lipinski definition) is 1. The predicted molar refractivity (Wildman–Crippen MR) is 86.5 cm³/mol. The van der Waals surface area contributed by atoms with Gasteiger partial charge in [0.05, 0.1) is 5.75 Å². The number of nitrogens with zero attached hydrogens (tertiary/aromatic N) is 1. The first kappa shape index (κ1) is 15.6. The molecule has 2 heterocycles. The third-order valence-corrected chi connectivity index (χ3v) is 4.19.